The van der Waals surface area contributed by atoms with Crippen LogP contribution in [0.3, 0.4) is 0 Å². The molecule has 3 aliphatic heterocycles. The highest BCUT2D eigenvalue weighted by Crippen LogP contribution is 2.46. The molecule has 6 amide bonds. The first kappa shape index (κ1) is 44.3. The van der Waals surface area contributed by atoms with Crippen molar-refractivity contribution >= 4 is 90.4 Å². The second-order valence-corrected chi connectivity index (χ2v) is 19.2. The standard InChI is InChI=1S/C46H48Br2N6O8/c1-45(2,3)61-43(59)51-36-22-25(17-18-32(36)47)49-38-30(19-21-54-41(57)28-14-9-10-15-29(28)42(54)58)34(16-11-20-53-39(55)26-12-7-8-13-27(26)40(53)56)50-35-24-37(33(48)23-31(35)38)52-44(60)62-46(4,5)6/h7-10,12-15,17-18,22-24,30,34,38,49-50H,11,16,19-21H2,1-6H3,(H,51,59)(H,52,60)/t30-,34-,38+/m0/s1. The van der Waals surface area contributed by atoms with Crippen molar-refractivity contribution in [3.8, 4) is 0 Å². The van der Waals surface area contributed by atoms with E-state index in [1.807, 2.05) is 18.2 Å². The van der Waals surface area contributed by atoms with Crippen LogP contribution in [0.25, 0.3) is 0 Å². The normalized spacial score (nSPS) is 18.2. The van der Waals surface area contributed by atoms with Crippen molar-refractivity contribution in [2.75, 3.05) is 34.4 Å². The number of ether oxygens (including phenoxy) is 2. The highest BCUT2D eigenvalue weighted by Gasteiger charge is 2.41. The van der Waals surface area contributed by atoms with E-state index in [-0.39, 0.29) is 48.7 Å². The number of rotatable bonds is 11. The summed E-state index contributed by atoms with van der Waals surface area (Å²) in [5.41, 5.74) is 3.02. The van der Waals surface area contributed by atoms with Crippen LogP contribution >= 0.6 is 31.9 Å². The number of anilines is 4. The zero-order chi connectivity index (χ0) is 44.7. The molecule has 3 atom stereocenters. The first-order chi connectivity index (χ1) is 29.3. The van der Waals surface area contributed by atoms with Crippen molar-refractivity contribution < 1.29 is 38.2 Å². The monoisotopic (exact) mass is 970 g/mol. The van der Waals surface area contributed by atoms with Crippen molar-refractivity contribution in [3.05, 3.63) is 116 Å². The van der Waals surface area contributed by atoms with Crippen LogP contribution in [-0.4, -0.2) is 75.9 Å². The molecule has 0 saturated heterocycles. The first-order valence-corrected chi connectivity index (χ1v) is 21.9. The molecule has 4 aromatic carbocycles. The Morgan fingerprint density at radius 2 is 1.13 bits per heavy atom. The molecule has 0 aromatic heterocycles. The molecule has 0 bridgehead atoms. The number of hydrogen-bond acceptors (Lipinski definition) is 10. The number of nitrogens with zero attached hydrogens (tertiary/aromatic N) is 2. The van der Waals surface area contributed by atoms with Crippen molar-refractivity contribution in [1.29, 1.82) is 0 Å². The predicted molar refractivity (Wildman–Crippen MR) is 243 cm³/mol. The minimum atomic E-state index is -0.739. The zero-order valence-corrected chi connectivity index (χ0v) is 38.4. The van der Waals surface area contributed by atoms with E-state index in [4.69, 9.17) is 9.47 Å². The van der Waals surface area contributed by atoms with Crippen molar-refractivity contribution in [1.82, 2.24) is 9.80 Å². The van der Waals surface area contributed by atoms with E-state index in [2.05, 4.69) is 53.1 Å². The lowest BCUT2D eigenvalue weighted by molar-refractivity contribution is 0.0623. The van der Waals surface area contributed by atoms with Gasteiger partial charge in [0.2, 0.25) is 0 Å². The van der Waals surface area contributed by atoms with Crippen molar-refractivity contribution in [2.45, 2.75) is 84.1 Å². The van der Waals surface area contributed by atoms with Crippen LogP contribution in [0.4, 0.5) is 32.3 Å². The molecule has 3 heterocycles. The fourth-order valence-corrected chi connectivity index (χ4v) is 8.83. The van der Waals surface area contributed by atoms with Crippen molar-refractivity contribution in [2.24, 2.45) is 5.92 Å². The second-order valence-electron chi connectivity index (χ2n) is 17.5. The highest BCUT2D eigenvalue weighted by atomic mass is 79.9. The quantitative estimate of drug-likeness (QED) is 0.106. The molecule has 0 fully saturated rings. The van der Waals surface area contributed by atoms with Gasteiger partial charge in [-0.3, -0.25) is 39.6 Å². The maximum Gasteiger partial charge on any atom is 0.412 e. The Morgan fingerprint density at radius 3 is 1.63 bits per heavy atom. The van der Waals surface area contributed by atoms with Gasteiger partial charge in [-0.25, -0.2) is 9.59 Å². The van der Waals surface area contributed by atoms with Gasteiger partial charge >= 0.3 is 12.2 Å². The summed E-state index contributed by atoms with van der Waals surface area (Å²) in [6.07, 6.45) is -0.0267. The number of halogens is 2. The van der Waals surface area contributed by atoms with Crippen LogP contribution in [0.1, 0.15) is 114 Å². The lowest BCUT2D eigenvalue weighted by Gasteiger charge is -2.42. The maximum absolute atomic E-state index is 13.6. The Bertz CT molecular complexity index is 2410. The minimum absolute atomic E-state index is 0.104. The third-order valence-electron chi connectivity index (χ3n) is 10.7. The Kier molecular flexibility index (Phi) is 12.6. The van der Waals surface area contributed by atoms with E-state index >= 15 is 0 Å². The van der Waals surface area contributed by atoms with Crippen LogP contribution < -0.4 is 21.3 Å². The molecule has 324 valence electrons. The molecule has 0 spiro atoms. The number of carbonyl (C=O) groups excluding carboxylic acids is 6. The zero-order valence-electron chi connectivity index (χ0n) is 35.2. The Balaban J connectivity index is 1.24. The maximum atomic E-state index is 13.6. The van der Waals surface area contributed by atoms with Gasteiger partial charge in [-0.2, -0.15) is 0 Å². The van der Waals surface area contributed by atoms with Crippen LogP contribution in [0.5, 0.6) is 0 Å². The fourth-order valence-electron chi connectivity index (χ4n) is 8.02. The molecule has 0 saturated carbocycles. The average Bonchev–Trinajstić information content (AvgIpc) is 3.58. The summed E-state index contributed by atoms with van der Waals surface area (Å²) in [6, 6.07) is 21.8. The Labute approximate surface area is 376 Å². The summed E-state index contributed by atoms with van der Waals surface area (Å²) in [7, 11) is 0. The van der Waals surface area contributed by atoms with E-state index in [0.29, 0.717) is 73.2 Å². The molecule has 0 unspecified atom stereocenters. The molecular formula is C46H48Br2N6O8. The molecule has 3 aliphatic rings. The number of amides is 6. The van der Waals surface area contributed by atoms with Gasteiger partial charge in [0.05, 0.1) is 39.7 Å². The number of imide groups is 2. The van der Waals surface area contributed by atoms with Gasteiger partial charge in [-0.05, 0) is 153 Å². The predicted octanol–water partition coefficient (Wildman–Crippen LogP) is 10.2. The number of nitrogens with one attached hydrogen (secondary N) is 4. The highest BCUT2D eigenvalue weighted by molar-refractivity contribution is 9.11. The van der Waals surface area contributed by atoms with E-state index in [0.717, 1.165) is 5.56 Å². The summed E-state index contributed by atoms with van der Waals surface area (Å²) in [6.45, 7) is 10.9. The number of fused-ring (bicyclic) bond motifs is 3. The summed E-state index contributed by atoms with van der Waals surface area (Å²) in [4.78, 5) is 82.3. The van der Waals surface area contributed by atoms with Crippen LogP contribution in [0.15, 0.2) is 87.8 Å². The molecular weight excluding hydrogens is 924 g/mol. The summed E-state index contributed by atoms with van der Waals surface area (Å²) in [5.74, 6) is -1.75. The minimum Gasteiger partial charge on any atom is -0.444 e. The number of carbonyl (C=O) groups is 6. The largest absolute Gasteiger partial charge is 0.444 e. The molecule has 4 N–H and O–H groups in total. The fraction of sp³-hybridized carbons (Fsp3) is 0.348. The third-order valence-corrected chi connectivity index (χ3v) is 12.0. The van der Waals surface area contributed by atoms with Gasteiger partial charge in [-0.1, -0.05) is 24.3 Å². The van der Waals surface area contributed by atoms with Gasteiger partial charge in [0, 0.05) is 45.4 Å². The van der Waals surface area contributed by atoms with E-state index < -0.39 is 29.4 Å². The van der Waals surface area contributed by atoms with E-state index in [1.54, 1.807) is 102 Å². The summed E-state index contributed by atoms with van der Waals surface area (Å²) in [5, 5.41) is 13.1. The molecule has 16 heteroatoms. The van der Waals surface area contributed by atoms with Gasteiger partial charge in [0.1, 0.15) is 11.2 Å². The van der Waals surface area contributed by atoms with E-state index in [1.165, 1.54) is 9.80 Å². The van der Waals surface area contributed by atoms with Gasteiger partial charge in [0.25, 0.3) is 23.6 Å². The molecule has 0 radical (unpaired) electrons. The lowest BCUT2D eigenvalue weighted by Crippen LogP contribution is -2.44. The van der Waals surface area contributed by atoms with Crippen LogP contribution in [0, 0.1) is 5.92 Å². The second kappa shape index (κ2) is 17.6. The SMILES string of the molecule is CC(C)(C)OC(=O)Nc1cc(N[C@H]2c3cc(Br)c(NC(=O)OC(C)(C)C)cc3N[C@@H](CCCN3C(=O)c4ccccc4C3=O)[C@@H]2CCN2C(=O)c3ccccc3C2=O)ccc1Br. The van der Waals surface area contributed by atoms with Crippen LogP contribution in [0.2, 0.25) is 0 Å². The molecule has 4 aromatic rings. The summed E-state index contributed by atoms with van der Waals surface area (Å²) >= 11 is 7.22. The van der Waals surface area contributed by atoms with Gasteiger partial charge in [0.15, 0.2) is 0 Å². The Hall–Kier alpha value is -5.74. The molecule has 62 heavy (non-hydrogen) atoms. The number of hydrogen-bond donors (Lipinski definition) is 4. The molecule has 7 rings (SSSR count). The van der Waals surface area contributed by atoms with Crippen molar-refractivity contribution in [3.63, 3.8) is 0 Å². The number of benzene rings is 4. The molecule has 0 aliphatic carbocycles. The van der Waals surface area contributed by atoms with E-state index in [9.17, 15) is 28.8 Å². The van der Waals surface area contributed by atoms with Crippen LogP contribution in [-0.2, 0) is 9.47 Å². The lowest BCUT2D eigenvalue weighted by atomic mass is 9.78. The first-order valence-electron chi connectivity index (χ1n) is 20.3. The smallest absolute Gasteiger partial charge is 0.412 e. The Morgan fingerprint density at radius 1 is 0.645 bits per heavy atom. The molecule has 14 nitrogen and oxygen atoms in total. The average molecular weight is 973 g/mol. The summed E-state index contributed by atoms with van der Waals surface area (Å²) < 4.78 is 12.3. The topological polar surface area (TPSA) is 175 Å². The van der Waals surface area contributed by atoms with Gasteiger partial charge < -0.3 is 20.1 Å². The van der Waals surface area contributed by atoms with Gasteiger partial charge in [-0.15, -0.1) is 0 Å². The third kappa shape index (κ3) is 9.65.